The molecular weight excluding hydrogens is 422 g/mol. The Morgan fingerprint density at radius 2 is 2.00 bits per heavy atom. The Bertz CT molecular complexity index is 1140. The number of carbonyl (C=O) groups excluding carboxylic acids is 4. The lowest BCUT2D eigenvalue weighted by molar-refractivity contribution is -0.138. The molecule has 2 unspecified atom stereocenters. The van der Waals surface area contributed by atoms with Gasteiger partial charge in [0, 0.05) is 12.6 Å². The maximum absolute atomic E-state index is 13.2. The van der Waals surface area contributed by atoms with E-state index in [-0.39, 0.29) is 36.9 Å². The van der Waals surface area contributed by atoms with Crippen LogP contribution in [0.5, 0.6) is 0 Å². The van der Waals surface area contributed by atoms with Crippen molar-refractivity contribution in [1.29, 1.82) is 0 Å². The fourth-order valence-corrected chi connectivity index (χ4v) is 3.98. The van der Waals surface area contributed by atoms with E-state index in [0.717, 1.165) is 4.90 Å². The maximum Gasteiger partial charge on any atom is 0.305 e. The first-order valence-electron chi connectivity index (χ1n) is 9.89. The molecule has 4 amide bonds. The van der Waals surface area contributed by atoms with Crippen LogP contribution in [0.2, 0.25) is 0 Å². The van der Waals surface area contributed by atoms with E-state index < -0.39 is 48.2 Å². The highest BCUT2D eigenvalue weighted by atomic mass is 16.4. The van der Waals surface area contributed by atoms with E-state index in [1.807, 2.05) is 0 Å². The van der Waals surface area contributed by atoms with Crippen LogP contribution in [0, 0.1) is 0 Å². The molecule has 3 heterocycles. The molecule has 0 radical (unpaired) electrons. The number of carboxylic acids is 1. The van der Waals surface area contributed by atoms with Gasteiger partial charge < -0.3 is 10.2 Å². The standard InChI is InChI=1S/C20H19N5O7/c26-9-12(13-8-24(23-22-13)7-6-16(28)29)10-2-1-3-11-17(10)20(32)25(19(11)31)14-4-5-15(27)21-18(14)30/h1-3,8,12,14,26H,4-7,9H2,(H,28,29)(H,21,27,30). The average molecular weight is 441 g/mol. The second kappa shape index (κ2) is 8.30. The highest BCUT2D eigenvalue weighted by Crippen LogP contribution is 2.35. The summed E-state index contributed by atoms with van der Waals surface area (Å²) in [6.07, 6.45) is 1.35. The van der Waals surface area contributed by atoms with E-state index in [1.54, 1.807) is 12.1 Å². The van der Waals surface area contributed by atoms with Crippen molar-refractivity contribution < 1.29 is 34.2 Å². The summed E-state index contributed by atoms with van der Waals surface area (Å²) in [5.74, 6) is -4.32. The van der Waals surface area contributed by atoms with Crippen LogP contribution in [0.15, 0.2) is 24.4 Å². The molecule has 0 saturated carbocycles. The van der Waals surface area contributed by atoms with E-state index in [9.17, 15) is 29.1 Å². The van der Waals surface area contributed by atoms with Gasteiger partial charge in [0.1, 0.15) is 6.04 Å². The van der Waals surface area contributed by atoms with Crippen molar-refractivity contribution >= 4 is 29.6 Å². The van der Waals surface area contributed by atoms with E-state index in [0.29, 0.717) is 11.3 Å². The number of hydrogen-bond donors (Lipinski definition) is 3. The molecule has 1 aromatic carbocycles. The van der Waals surface area contributed by atoms with Gasteiger partial charge in [0.2, 0.25) is 11.8 Å². The third-order valence-electron chi connectivity index (χ3n) is 5.53. The first kappa shape index (κ1) is 21.3. The number of imide groups is 2. The number of aliphatic carboxylic acids is 1. The Labute approximate surface area is 180 Å². The van der Waals surface area contributed by atoms with Gasteiger partial charge in [-0.15, -0.1) is 5.10 Å². The van der Waals surface area contributed by atoms with Crippen LogP contribution >= 0.6 is 0 Å². The number of rotatable bonds is 7. The van der Waals surface area contributed by atoms with Gasteiger partial charge in [-0.2, -0.15) is 0 Å². The molecular formula is C20H19N5O7. The number of benzene rings is 1. The summed E-state index contributed by atoms with van der Waals surface area (Å²) in [4.78, 5) is 61.5. The van der Waals surface area contributed by atoms with Crippen molar-refractivity contribution in [2.75, 3.05) is 6.61 Å². The Kier molecular flexibility index (Phi) is 5.53. The minimum absolute atomic E-state index is 0.00931. The zero-order valence-electron chi connectivity index (χ0n) is 16.7. The summed E-state index contributed by atoms with van der Waals surface area (Å²) in [6.45, 7) is -0.373. The number of aliphatic hydroxyl groups excluding tert-OH is 1. The SMILES string of the molecule is O=C(O)CCn1cc(C(CO)c2cccc3c2C(=O)N(C2CCC(=O)NC2=O)C3=O)nn1. The van der Waals surface area contributed by atoms with Gasteiger partial charge in [0.05, 0.1) is 42.3 Å². The summed E-state index contributed by atoms with van der Waals surface area (Å²) < 4.78 is 1.32. The normalized spacial score (nSPS) is 19.2. The fraction of sp³-hybridized carbons (Fsp3) is 0.350. The van der Waals surface area contributed by atoms with Gasteiger partial charge in [-0.1, -0.05) is 17.3 Å². The lowest BCUT2D eigenvalue weighted by Gasteiger charge is -2.28. The maximum atomic E-state index is 13.2. The number of aliphatic hydroxyl groups is 1. The van der Waals surface area contributed by atoms with Crippen LogP contribution in [0.25, 0.3) is 0 Å². The molecule has 0 bridgehead atoms. The van der Waals surface area contributed by atoms with E-state index in [4.69, 9.17) is 5.11 Å². The van der Waals surface area contributed by atoms with Crippen LogP contribution in [-0.2, 0) is 20.9 Å². The zero-order chi connectivity index (χ0) is 23.0. The number of nitrogens with zero attached hydrogens (tertiary/aromatic N) is 4. The molecule has 2 aliphatic rings. The summed E-state index contributed by atoms with van der Waals surface area (Å²) in [5, 5.41) is 28.9. The molecule has 1 saturated heterocycles. The van der Waals surface area contributed by atoms with Crippen LogP contribution in [0.3, 0.4) is 0 Å². The number of fused-ring (bicyclic) bond motifs is 1. The predicted octanol–water partition coefficient (Wildman–Crippen LogP) is -0.722. The number of nitrogens with one attached hydrogen (secondary N) is 1. The highest BCUT2D eigenvalue weighted by Gasteiger charge is 2.46. The number of carbonyl (C=O) groups is 5. The van der Waals surface area contributed by atoms with Gasteiger partial charge in [0.15, 0.2) is 0 Å². The number of piperidine rings is 1. The Morgan fingerprint density at radius 1 is 1.22 bits per heavy atom. The molecule has 166 valence electrons. The average Bonchev–Trinajstić information content (AvgIpc) is 3.31. The van der Waals surface area contributed by atoms with E-state index >= 15 is 0 Å². The second-order valence-electron chi connectivity index (χ2n) is 7.50. The number of aryl methyl sites for hydroxylation is 1. The highest BCUT2D eigenvalue weighted by molar-refractivity contribution is 6.24. The lowest BCUT2D eigenvalue weighted by Crippen LogP contribution is -2.54. The molecule has 12 nitrogen and oxygen atoms in total. The van der Waals surface area contributed by atoms with Gasteiger partial charge in [-0.05, 0) is 18.1 Å². The molecule has 2 atom stereocenters. The molecule has 0 aliphatic carbocycles. The van der Waals surface area contributed by atoms with Gasteiger partial charge >= 0.3 is 5.97 Å². The minimum Gasteiger partial charge on any atom is -0.481 e. The van der Waals surface area contributed by atoms with Crippen LogP contribution in [-0.4, -0.2) is 72.4 Å². The largest absolute Gasteiger partial charge is 0.481 e. The first-order valence-corrected chi connectivity index (χ1v) is 9.89. The molecule has 1 fully saturated rings. The lowest BCUT2D eigenvalue weighted by atomic mass is 9.90. The van der Waals surface area contributed by atoms with Crippen LogP contribution < -0.4 is 5.32 Å². The van der Waals surface area contributed by atoms with Crippen molar-refractivity contribution in [3.8, 4) is 0 Å². The molecule has 4 rings (SSSR count). The second-order valence-corrected chi connectivity index (χ2v) is 7.50. The number of amides is 4. The minimum atomic E-state index is -1.10. The Morgan fingerprint density at radius 3 is 2.69 bits per heavy atom. The fourth-order valence-electron chi connectivity index (χ4n) is 3.98. The van der Waals surface area contributed by atoms with Crippen molar-refractivity contribution in [3.63, 3.8) is 0 Å². The molecule has 2 aromatic rings. The summed E-state index contributed by atoms with van der Waals surface area (Å²) in [6, 6.07) is 3.50. The van der Waals surface area contributed by atoms with Crippen molar-refractivity contribution in [2.24, 2.45) is 0 Å². The van der Waals surface area contributed by atoms with Crippen LogP contribution in [0.4, 0.5) is 0 Å². The quantitative estimate of drug-likeness (QED) is 0.469. The number of aromatic nitrogens is 3. The summed E-state index contributed by atoms with van der Waals surface area (Å²) in [5.41, 5.74) is 0.782. The molecule has 0 spiro atoms. The summed E-state index contributed by atoms with van der Waals surface area (Å²) >= 11 is 0. The monoisotopic (exact) mass is 441 g/mol. The van der Waals surface area contributed by atoms with Crippen molar-refractivity contribution in [3.05, 3.63) is 46.8 Å². The molecule has 12 heteroatoms. The van der Waals surface area contributed by atoms with Crippen molar-refractivity contribution in [1.82, 2.24) is 25.2 Å². The van der Waals surface area contributed by atoms with Gasteiger partial charge in [-0.3, -0.25) is 38.9 Å². The van der Waals surface area contributed by atoms with E-state index in [1.165, 1.54) is 16.9 Å². The van der Waals surface area contributed by atoms with Crippen LogP contribution in [0.1, 0.15) is 57.2 Å². The molecule has 32 heavy (non-hydrogen) atoms. The third-order valence-corrected chi connectivity index (χ3v) is 5.53. The van der Waals surface area contributed by atoms with Crippen molar-refractivity contribution in [2.45, 2.75) is 37.8 Å². The zero-order valence-corrected chi connectivity index (χ0v) is 16.7. The van der Waals surface area contributed by atoms with E-state index in [2.05, 4.69) is 15.6 Å². The topological polar surface area (TPSA) is 172 Å². The number of carboxylic acid groups (broad SMARTS) is 1. The smallest absolute Gasteiger partial charge is 0.305 e. The first-order chi connectivity index (χ1) is 15.3. The summed E-state index contributed by atoms with van der Waals surface area (Å²) in [7, 11) is 0. The van der Waals surface area contributed by atoms with Gasteiger partial charge in [0.25, 0.3) is 11.8 Å². The number of hydrogen-bond acceptors (Lipinski definition) is 8. The Balaban J connectivity index is 1.67. The Hall–Kier alpha value is -3.93. The molecule has 3 N–H and O–H groups in total. The predicted molar refractivity (Wildman–Crippen MR) is 104 cm³/mol. The third kappa shape index (κ3) is 3.64. The molecule has 1 aromatic heterocycles. The molecule has 2 aliphatic heterocycles. The van der Waals surface area contributed by atoms with Gasteiger partial charge in [-0.25, -0.2) is 0 Å².